The highest BCUT2D eigenvalue weighted by atomic mass is 16.1. The highest BCUT2D eigenvalue weighted by molar-refractivity contribution is 6.00. The van der Waals surface area contributed by atoms with Crippen molar-refractivity contribution >= 4 is 11.6 Å². The van der Waals surface area contributed by atoms with E-state index in [-0.39, 0.29) is 23.9 Å². The predicted molar refractivity (Wildman–Crippen MR) is 108 cm³/mol. The second kappa shape index (κ2) is 11.4. The fraction of sp³-hybridized carbons (Fsp3) is 0.417. The quantitative estimate of drug-likeness (QED) is 0.329. The smallest absolute Gasteiger partial charge is 0.163 e. The molecule has 0 N–H and O–H groups in total. The number of hydrogen-bond acceptors (Lipinski definition) is 2. The summed E-state index contributed by atoms with van der Waals surface area (Å²) in [6, 6.07) is 19.0. The second-order valence-electron chi connectivity index (χ2n) is 6.94. The molecule has 0 saturated carbocycles. The van der Waals surface area contributed by atoms with E-state index in [4.69, 9.17) is 0 Å². The lowest BCUT2D eigenvalue weighted by molar-refractivity contribution is -0.120. The molecule has 0 spiro atoms. The van der Waals surface area contributed by atoms with E-state index >= 15 is 0 Å². The summed E-state index contributed by atoms with van der Waals surface area (Å²) >= 11 is 0. The van der Waals surface area contributed by atoms with Crippen LogP contribution in [0.5, 0.6) is 0 Å². The van der Waals surface area contributed by atoms with E-state index in [2.05, 4.69) is 6.92 Å². The molecule has 0 aromatic heterocycles. The van der Waals surface area contributed by atoms with Gasteiger partial charge in [-0.3, -0.25) is 9.59 Å². The van der Waals surface area contributed by atoms with Gasteiger partial charge in [-0.1, -0.05) is 99.7 Å². The lowest BCUT2D eigenvalue weighted by Crippen LogP contribution is -2.17. The molecule has 1 unspecified atom stereocenters. The Morgan fingerprint density at radius 2 is 1.35 bits per heavy atom. The third-order valence-electron chi connectivity index (χ3n) is 4.85. The molecule has 2 nitrogen and oxygen atoms in total. The minimum Gasteiger partial charge on any atom is -0.299 e. The molecule has 26 heavy (non-hydrogen) atoms. The molecule has 0 amide bonds. The lowest BCUT2D eigenvalue weighted by atomic mass is 9.86. The van der Waals surface area contributed by atoms with Gasteiger partial charge in [-0.25, -0.2) is 0 Å². The van der Waals surface area contributed by atoms with Crippen molar-refractivity contribution in [3.05, 3.63) is 71.8 Å². The van der Waals surface area contributed by atoms with Crippen molar-refractivity contribution in [2.24, 2.45) is 0 Å². The van der Waals surface area contributed by atoms with Gasteiger partial charge in [0.05, 0.1) is 0 Å². The van der Waals surface area contributed by atoms with Crippen molar-refractivity contribution in [2.45, 2.75) is 64.2 Å². The van der Waals surface area contributed by atoms with E-state index < -0.39 is 0 Å². The Hall–Kier alpha value is -2.22. The van der Waals surface area contributed by atoms with Crippen LogP contribution in [0.4, 0.5) is 0 Å². The average Bonchev–Trinajstić information content (AvgIpc) is 2.69. The standard InChI is InChI=1S/C24H30O2/c1-2-3-4-5-6-13-18-23(25)22(20-14-9-7-10-15-20)19-24(26)21-16-11-8-12-17-21/h7-12,14-17,22H,2-6,13,18-19H2,1H3. The first-order valence-corrected chi connectivity index (χ1v) is 9.88. The molecule has 0 aliphatic carbocycles. The Labute approximate surface area is 157 Å². The Bertz CT molecular complexity index is 661. The van der Waals surface area contributed by atoms with E-state index in [0.29, 0.717) is 12.0 Å². The summed E-state index contributed by atoms with van der Waals surface area (Å²) in [5, 5.41) is 0. The van der Waals surface area contributed by atoms with Crippen LogP contribution in [0.3, 0.4) is 0 Å². The molecule has 0 aliphatic rings. The first-order valence-electron chi connectivity index (χ1n) is 9.88. The molecule has 2 rings (SSSR count). The Morgan fingerprint density at radius 1 is 0.769 bits per heavy atom. The minimum absolute atomic E-state index is 0.0377. The minimum atomic E-state index is -0.334. The Balaban J connectivity index is 1.98. The molecule has 0 saturated heterocycles. The van der Waals surface area contributed by atoms with Gasteiger partial charge in [-0.05, 0) is 12.0 Å². The summed E-state index contributed by atoms with van der Waals surface area (Å²) < 4.78 is 0. The van der Waals surface area contributed by atoms with Crippen LogP contribution >= 0.6 is 0 Å². The van der Waals surface area contributed by atoms with Gasteiger partial charge in [-0.15, -0.1) is 0 Å². The van der Waals surface area contributed by atoms with Crippen LogP contribution in [-0.4, -0.2) is 11.6 Å². The van der Waals surface area contributed by atoms with Gasteiger partial charge in [0.15, 0.2) is 5.78 Å². The molecular formula is C24H30O2. The van der Waals surface area contributed by atoms with Crippen LogP contribution < -0.4 is 0 Å². The summed E-state index contributed by atoms with van der Waals surface area (Å²) in [6.07, 6.45) is 7.78. The molecule has 2 heteroatoms. The molecule has 2 aromatic carbocycles. The fourth-order valence-corrected chi connectivity index (χ4v) is 3.28. The third-order valence-corrected chi connectivity index (χ3v) is 4.85. The third kappa shape index (κ3) is 6.59. The molecule has 2 aromatic rings. The molecule has 0 fully saturated rings. The maximum atomic E-state index is 12.8. The van der Waals surface area contributed by atoms with Crippen LogP contribution in [0.15, 0.2) is 60.7 Å². The Morgan fingerprint density at radius 3 is 2.00 bits per heavy atom. The number of benzene rings is 2. The van der Waals surface area contributed by atoms with Crippen molar-refractivity contribution in [3.8, 4) is 0 Å². The lowest BCUT2D eigenvalue weighted by Gasteiger charge is -2.16. The molecule has 0 bridgehead atoms. The predicted octanol–water partition coefficient (Wildman–Crippen LogP) is 6.36. The summed E-state index contributed by atoms with van der Waals surface area (Å²) in [7, 11) is 0. The van der Waals surface area contributed by atoms with Gasteiger partial charge >= 0.3 is 0 Å². The number of hydrogen-bond donors (Lipinski definition) is 0. The monoisotopic (exact) mass is 350 g/mol. The van der Waals surface area contributed by atoms with Gasteiger partial charge < -0.3 is 0 Å². The number of carbonyl (C=O) groups excluding carboxylic acids is 2. The number of ketones is 2. The topological polar surface area (TPSA) is 34.1 Å². The first kappa shape index (κ1) is 20.1. The van der Waals surface area contributed by atoms with Crippen LogP contribution in [0.25, 0.3) is 0 Å². The van der Waals surface area contributed by atoms with Crippen molar-refractivity contribution in [2.75, 3.05) is 0 Å². The van der Waals surface area contributed by atoms with Gasteiger partial charge in [0.2, 0.25) is 0 Å². The second-order valence-corrected chi connectivity index (χ2v) is 6.94. The molecule has 1 atom stereocenters. The van der Waals surface area contributed by atoms with Crippen molar-refractivity contribution in [3.63, 3.8) is 0 Å². The molecule has 0 aliphatic heterocycles. The maximum Gasteiger partial charge on any atom is 0.163 e. The van der Waals surface area contributed by atoms with E-state index in [1.54, 1.807) is 0 Å². The van der Waals surface area contributed by atoms with E-state index in [0.717, 1.165) is 18.4 Å². The highest BCUT2D eigenvalue weighted by Crippen LogP contribution is 2.25. The summed E-state index contributed by atoms with van der Waals surface area (Å²) in [5.41, 5.74) is 1.63. The van der Waals surface area contributed by atoms with Gasteiger partial charge in [-0.2, -0.15) is 0 Å². The molecular weight excluding hydrogens is 320 g/mol. The van der Waals surface area contributed by atoms with Crippen molar-refractivity contribution < 1.29 is 9.59 Å². The average molecular weight is 351 g/mol. The van der Waals surface area contributed by atoms with Crippen LogP contribution in [-0.2, 0) is 4.79 Å². The highest BCUT2D eigenvalue weighted by Gasteiger charge is 2.23. The summed E-state index contributed by atoms with van der Waals surface area (Å²) in [6.45, 7) is 2.21. The number of unbranched alkanes of at least 4 members (excludes halogenated alkanes) is 5. The number of carbonyl (C=O) groups is 2. The number of Topliss-reactive ketones (excluding diaryl/α,β-unsaturated/α-hetero) is 2. The zero-order valence-corrected chi connectivity index (χ0v) is 15.8. The number of rotatable bonds is 12. The fourth-order valence-electron chi connectivity index (χ4n) is 3.28. The van der Waals surface area contributed by atoms with E-state index in [9.17, 15) is 9.59 Å². The van der Waals surface area contributed by atoms with E-state index in [1.807, 2.05) is 60.7 Å². The van der Waals surface area contributed by atoms with Crippen LogP contribution in [0, 0.1) is 0 Å². The van der Waals surface area contributed by atoms with Gasteiger partial charge in [0, 0.05) is 24.3 Å². The van der Waals surface area contributed by atoms with Gasteiger partial charge in [0.25, 0.3) is 0 Å². The van der Waals surface area contributed by atoms with Crippen LogP contribution in [0.2, 0.25) is 0 Å². The van der Waals surface area contributed by atoms with Crippen molar-refractivity contribution in [1.29, 1.82) is 0 Å². The summed E-state index contributed by atoms with van der Waals surface area (Å²) in [4.78, 5) is 25.5. The van der Waals surface area contributed by atoms with Crippen LogP contribution in [0.1, 0.15) is 80.1 Å². The van der Waals surface area contributed by atoms with Gasteiger partial charge in [0.1, 0.15) is 5.78 Å². The normalized spacial score (nSPS) is 11.9. The van der Waals surface area contributed by atoms with E-state index in [1.165, 1.54) is 25.7 Å². The SMILES string of the molecule is CCCCCCCCC(=O)C(CC(=O)c1ccccc1)c1ccccc1. The zero-order chi connectivity index (χ0) is 18.6. The summed E-state index contributed by atoms with van der Waals surface area (Å²) in [5.74, 6) is -0.105. The molecule has 0 radical (unpaired) electrons. The maximum absolute atomic E-state index is 12.8. The largest absolute Gasteiger partial charge is 0.299 e. The zero-order valence-electron chi connectivity index (χ0n) is 15.8. The molecule has 0 heterocycles. The first-order chi connectivity index (χ1) is 12.7. The molecule has 138 valence electrons. The Kier molecular flexibility index (Phi) is 8.82. The van der Waals surface area contributed by atoms with Crippen molar-refractivity contribution in [1.82, 2.24) is 0 Å².